The second-order valence-electron chi connectivity index (χ2n) is 5.41. The molecule has 3 rings (SSSR count). The zero-order valence-corrected chi connectivity index (χ0v) is 10.8. The molecule has 2 aliphatic rings. The van der Waals surface area contributed by atoms with Crippen molar-refractivity contribution in [3.8, 4) is 0 Å². The number of hydrogen-bond acceptors (Lipinski definition) is 4. The first kappa shape index (κ1) is 12.2. The number of carbonyl (C=O) groups is 1. The van der Waals surface area contributed by atoms with Crippen LogP contribution in [-0.4, -0.2) is 28.3 Å². The molecule has 6 nitrogen and oxygen atoms in total. The van der Waals surface area contributed by atoms with E-state index in [9.17, 15) is 9.59 Å². The van der Waals surface area contributed by atoms with Crippen LogP contribution in [0.15, 0.2) is 17.1 Å². The largest absolute Gasteiger partial charge is 0.383 e. The highest BCUT2D eigenvalue weighted by atomic mass is 16.2. The van der Waals surface area contributed by atoms with Crippen molar-refractivity contribution in [3.05, 3.63) is 22.6 Å². The van der Waals surface area contributed by atoms with E-state index in [4.69, 9.17) is 0 Å². The lowest BCUT2D eigenvalue weighted by atomic mass is 10.4. The van der Waals surface area contributed by atoms with Crippen LogP contribution in [0.3, 0.4) is 0 Å². The Kier molecular flexibility index (Phi) is 3.23. The summed E-state index contributed by atoms with van der Waals surface area (Å²) in [4.78, 5) is 23.4. The van der Waals surface area contributed by atoms with Gasteiger partial charge in [-0.2, -0.15) is 5.10 Å². The number of amides is 1. The Bertz CT molecular complexity index is 532. The fourth-order valence-electron chi connectivity index (χ4n) is 1.87. The quantitative estimate of drug-likeness (QED) is 0.775. The van der Waals surface area contributed by atoms with E-state index in [-0.39, 0.29) is 18.0 Å². The minimum atomic E-state index is -0.244. The zero-order chi connectivity index (χ0) is 13.2. The van der Waals surface area contributed by atoms with Crippen LogP contribution in [-0.2, 0) is 11.3 Å². The molecule has 0 aliphatic heterocycles. The van der Waals surface area contributed by atoms with E-state index in [0.717, 1.165) is 31.0 Å². The smallest absolute Gasteiger partial charge is 0.269 e. The normalized spacial score (nSPS) is 18.1. The molecule has 0 aromatic carbocycles. The molecule has 0 bridgehead atoms. The van der Waals surface area contributed by atoms with Gasteiger partial charge in [-0.3, -0.25) is 9.59 Å². The summed E-state index contributed by atoms with van der Waals surface area (Å²) in [6.45, 7) is 0.894. The predicted molar refractivity (Wildman–Crippen MR) is 70.9 cm³/mol. The molecule has 2 N–H and O–H groups in total. The van der Waals surface area contributed by atoms with E-state index in [2.05, 4.69) is 15.7 Å². The molecular formula is C13H18N4O2. The Morgan fingerprint density at radius 3 is 2.79 bits per heavy atom. The van der Waals surface area contributed by atoms with Crippen LogP contribution in [0, 0.1) is 5.92 Å². The summed E-state index contributed by atoms with van der Waals surface area (Å²) in [7, 11) is 0. The molecule has 6 heteroatoms. The summed E-state index contributed by atoms with van der Waals surface area (Å²) >= 11 is 0. The van der Waals surface area contributed by atoms with Gasteiger partial charge in [-0.05, 0) is 31.6 Å². The van der Waals surface area contributed by atoms with Crippen molar-refractivity contribution in [2.24, 2.45) is 5.92 Å². The standard InChI is InChI=1S/C13H18N4O2/c18-12(16-10-3-4-10)8-17-13(19)5-11(7-15-17)14-6-9-1-2-9/h5,7,9-10,14H,1-4,6,8H2,(H,16,18). The number of aromatic nitrogens is 2. The molecule has 2 aliphatic carbocycles. The number of anilines is 1. The molecule has 1 amide bonds. The molecule has 1 aromatic heterocycles. The van der Waals surface area contributed by atoms with Gasteiger partial charge >= 0.3 is 0 Å². The average molecular weight is 262 g/mol. The van der Waals surface area contributed by atoms with Gasteiger partial charge in [0.2, 0.25) is 5.91 Å². The van der Waals surface area contributed by atoms with Crippen molar-refractivity contribution in [1.82, 2.24) is 15.1 Å². The Morgan fingerprint density at radius 2 is 2.16 bits per heavy atom. The average Bonchev–Trinajstić information content (AvgIpc) is 3.23. The van der Waals surface area contributed by atoms with Crippen molar-refractivity contribution < 1.29 is 4.79 Å². The highest BCUT2D eigenvalue weighted by Crippen LogP contribution is 2.28. The molecule has 0 radical (unpaired) electrons. The highest BCUT2D eigenvalue weighted by molar-refractivity contribution is 5.76. The van der Waals surface area contributed by atoms with Crippen molar-refractivity contribution in [3.63, 3.8) is 0 Å². The van der Waals surface area contributed by atoms with Gasteiger partial charge in [0, 0.05) is 18.7 Å². The molecular weight excluding hydrogens is 244 g/mol. The third-order valence-electron chi connectivity index (χ3n) is 3.40. The monoisotopic (exact) mass is 262 g/mol. The number of rotatable bonds is 6. The maximum atomic E-state index is 11.8. The molecule has 2 saturated carbocycles. The number of nitrogens with zero attached hydrogens (tertiary/aromatic N) is 2. The molecule has 0 atom stereocenters. The molecule has 1 aromatic rings. The van der Waals surface area contributed by atoms with Gasteiger partial charge in [0.05, 0.1) is 11.9 Å². The first-order valence-electron chi connectivity index (χ1n) is 6.81. The molecule has 0 unspecified atom stereocenters. The summed E-state index contributed by atoms with van der Waals surface area (Å²) in [5, 5.41) is 10.1. The van der Waals surface area contributed by atoms with Crippen LogP contribution in [0.1, 0.15) is 25.7 Å². The van der Waals surface area contributed by atoms with Crippen LogP contribution < -0.4 is 16.2 Å². The fraction of sp³-hybridized carbons (Fsp3) is 0.615. The first-order chi connectivity index (χ1) is 9.20. The first-order valence-corrected chi connectivity index (χ1v) is 6.81. The third-order valence-corrected chi connectivity index (χ3v) is 3.40. The fourth-order valence-corrected chi connectivity index (χ4v) is 1.87. The molecule has 19 heavy (non-hydrogen) atoms. The molecule has 0 spiro atoms. The van der Waals surface area contributed by atoms with E-state index in [1.54, 1.807) is 6.20 Å². The lowest BCUT2D eigenvalue weighted by Gasteiger charge is -2.07. The van der Waals surface area contributed by atoms with Crippen molar-refractivity contribution in [2.45, 2.75) is 38.3 Å². The summed E-state index contributed by atoms with van der Waals surface area (Å²) in [6, 6.07) is 1.81. The SMILES string of the molecule is O=C(Cn1ncc(NCC2CC2)cc1=O)NC1CC1. The Balaban J connectivity index is 1.57. The van der Waals surface area contributed by atoms with Crippen molar-refractivity contribution in [2.75, 3.05) is 11.9 Å². The summed E-state index contributed by atoms with van der Waals surface area (Å²) in [5.74, 6) is 0.600. The zero-order valence-electron chi connectivity index (χ0n) is 10.8. The van der Waals surface area contributed by atoms with Gasteiger partial charge < -0.3 is 10.6 Å². The van der Waals surface area contributed by atoms with E-state index in [1.165, 1.54) is 23.6 Å². The Morgan fingerprint density at radius 1 is 1.37 bits per heavy atom. The van der Waals surface area contributed by atoms with Crippen molar-refractivity contribution in [1.29, 1.82) is 0 Å². The third kappa shape index (κ3) is 3.56. The van der Waals surface area contributed by atoms with Crippen molar-refractivity contribution >= 4 is 11.6 Å². The van der Waals surface area contributed by atoms with Crippen LogP contribution in [0.2, 0.25) is 0 Å². The number of nitrogens with one attached hydrogen (secondary N) is 2. The summed E-state index contributed by atoms with van der Waals surface area (Å²) in [6.07, 6.45) is 6.21. The second kappa shape index (κ2) is 5.03. The van der Waals surface area contributed by atoms with E-state index >= 15 is 0 Å². The maximum absolute atomic E-state index is 11.8. The highest BCUT2D eigenvalue weighted by Gasteiger charge is 2.23. The lowest BCUT2D eigenvalue weighted by Crippen LogP contribution is -2.34. The van der Waals surface area contributed by atoms with Gasteiger partial charge in [0.1, 0.15) is 6.54 Å². The molecule has 102 valence electrons. The summed E-state index contributed by atoms with van der Waals surface area (Å²) in [5.41, 5.74) is 0.488. The van der Waals surface area contributed by atoms with Crippen LogP contribution >= 0.6 is 0 Å². The van der Waals surface area contributed by atoms with Crippen LogP contribution in [0.25, 0.3) is 0 Å². The van der Waals surface area contributed by atoms with E-state index in [1.807, 2.05) is 0 Å². The van der Waals surface area contributed by atoms with Gasteiger partial charge in [-0.15, -0.1) is 0 Å². The second-order valence-corrected chi connectivity index (χ2v) is 5.41. The van der Waals surface area contributed by atoms with Gasteiger partial charge in [-0.25, -0.2) is 4.68 Å². The van der Waals surface area contributed by atoms with E-state index in [0.29, 0.717) is 6.04 Å². The molecule has 1 heterocycles. The Hall–Kier alpha value is -1.85. The minimum Gasteiger partial charge on any atom is -0.383 e. The molecule has 0 saturated heterocycles. The van der Waals surface area contributed by atoms with E-state index < -0.39 is 0 Å². The molecule has 2 fully saturated rings. The number of carbonyl (C=O) groups excluding carboxylic acids is 1. The minimum absolute atomic E-state index is 0.00175. The van der Waals surface area contributed by atoms with Crippen LogP contribution in [0.4, 0.5) is 5.69 Å². The lowest BCUT2D eigenvalue weighted by molar-refractivity contribution is -0.122. The number of hydrogen-bond donors (Lipinski definition) is 2. The topological polar surface area (TPSA) is 76.0 Å². The van der Waals surface area contributed by atoms with Gasteiger partial charge in [0.15, 0.2) is 0 Å². The summed E-state index contributed by atoms with van der Waals surface area (Å²) < 4.78 is 1.19. The van der Waals surface area contributed by atoms with Crippen LogP contribution in [0.5, 0.6) is 0 Å². The Labute approximate surface area is 111 Å². The maximum Gasteiger partial charge on any atom is 0.269 e. The predicted octanol–water partition coefficient (Wildman–Crippen LogP) is 0.344. The van der Waals surface area contributed by atoms with Gasteiger partial charge in [0.25, 0.3) is 5.56 Å². The van der Waals surface area contributed by atoms with Gasteiger partial charge in [-0.1, -0.05) is 0 Å².